The molecule has 8 heteroatoms. The van der Waals surface area contributed by atoms with Crippen molar-refractivity contribution < 1.29 is 17.9 Å². The highest BCUT2D eigenvalue weighted by Gasteiger charge is 2.31. The number of carbonyl (C=O) groups excluding carboxylic acids is 1. The van der Waals surface area contributed by atoms with E-state index in [2.05, 4.69) is 20.7 Å². The molecule has 0 saturated carbocycles. The van der Waals surface area contributed by atoms with Gasteiger partial charge in [-0.15, -0.1) is 0 Å². The van der Waals surface area contributed by atoms with Crippen LogP contribution in [-0.4, -0.2) is 44.1 Å². The summed E-state index contributed by atoms with van der Waals surface area (Å²) in [6.07, 6.45) is 2.26. The summed E-state index contributed by atoms with van der Waals surface area (Å²) in [5, 5.41) is 0. The zero-order chi connectivity index (χ0) is 19.4. The molecule has 1 aliphatic rings. The van der Waals surface area contributed by atoms with Crippen LogP contribution in [0.15, 0.2) is 28.7 Å². The fourth-order valence-electron chi connectivity index (χ4n) is 2.85. The summed E-state index contributed by atoms with van der Waals surface area (Å²) in [5.74, 6) is -0.0839. The molecule has 1 fully saturated rings. The van der Waals surface area contributed by atoms with Crippen LogP contribution in [0.5, 0.6) is 0 Å². The van der Waals surface area contributed by atoms with Gasteiger partial charge in [0, 0.05) is 23.6 Å². The highest BCUT2D eigenvalue weighted by molar-refractivity contribution is 9.10. The summed E-state index contributed by atoms with van der Waals surface area (Å²) in [5.41, 5.74) is 0.147. The molecule has 0 radical (unpaired) electrons. The summed E-state index contributed by atoms with van der Waals surface area (Å²) in [6, 6.07) is 7.00. The SMILES string of the molecule is CC(C)(C)OC(=O)N1CCCC[C@@H]1CNS(=O)(=O)Cc1ccc(Br)cc1. The van der Waals surface area contributed by atoms with E-state index in [-0.39, 0.29) is 24.4 Å². The largest absolute Gasteiger partial charge is 0.444 e. The van der Waals surface area contributed by atoms with Crippen molar-refractivity contribution in [3.8, 4) is 0 Å². The van der Waals surface area contributed by atoms with Crippen molar-refractivity contribution in [3.05, 3.63) is 34.3 Å². The number of likely N-dealkylation sites (tertiary alicyclic amines) is 1. The number of halogens is 1. The van der Waals surface area contributed by atoms with Crippen LogP contribution < -0.4 is 4.72 Å². The third-order valence-electron chi connectivity index (χ3n) is 4.06. The van der Waals surface area contributed by atoms with Gasteiger partial charge in [0.15, 0.2) is 0 Å². The minimum absolute atomic E-state index is 0.0839. The van der Waals surface area contributed by atoms with Gasteiger partial charge >= 0.3 is 6.09 Å². The predicted octanol–water partition coefficient (Wildman–Crippen LogP) is 3.66. The smallest absolute Gasteiger partial charge is 0.410 e. The number of nitrogens with zero attached hydrogens (tertiary/aromatic N) is 1. The lowest BCUT2D eigenvalue weighted by atomic mass is 10.0. The van der Waals surface area contributed by atoms with Crippen LogP contribution in [0.25, 0.3) is 0 Å². The third kappa shape index (κ3) is 6.89. The molecule has 1 amide bonds. The summed E-state index contributed by atoms with van der Waals surface area (Å²) in [6.45, 7) is 6.27. The summed E-state index contributed by atoms with van der Waals surface area (Å²) >= 11 is 3.33. The summed E-state index contributed by atoms with van der Waals surface area (Å²) in [7, 11) is -3.48. The molecular formula is C18H27BrN2O4S. The van der Waals surface area contributed by atoms with Gasteiger partial charge < -0.3 is 9.64 Å². The first kappa shape index (κ1) is 21.2. The number of rotatable bonds is 5. The lowest BCUT2D eigenvalue weighted by Crippen LogP contribution is -2.50. The van der Waals surface area contributed by atoms with Crippen molar-refractivity contribution in [1.29, 1.82) is 0 Å². The molecule has 1 N–H and O–H groups in total. The monoisotopic (exact) mass is 446 g/mol. The van der Waals surface area contributed by atoms with E-state index in [9.17, 15) is 13.2 Å². The number of hydrogen-bond acceptors (Lipinski definition) is 4. The van der Waals surface area contributed by atoms with Crippen molar-refractivity contribution in [2.24, 2.45) is 0 Å². The van der Waals surface area contributed by atoms with Gasteiger partial charge in [0.2, 0.25) is 10.0 Å². The Hall–Kier alpha value is -1.12. The maximum atomic E-state index is 12.4. The molecule has 0 aliphatic carbocycles. The van der Waals surface area contributed by atoms with Gasteiger partial charge in [-0.2, -0.15) is 0 Å². The number of benzene rings is 1. The van der Waals surface area contributed by atoms with E-state index in [1.54, 1.807) is 17.0 Å². The van der Waals surface area contributed by atoms with Crippen LogP contribution in [0.2, 0.25) is 0 Å². The predicted molar refractivity (Wildman–Crippen MR) is 105 cm³/mol. The first-order chi connectivity index (χ1) is 12.1. The molecule has 1 aliphatic heterocycles. The molecule has 0 aromatic heterocycles. The maximum absolute atomic E-state index is 12.4. The number of carbonyl (C=O) groups is 1. The molecule has 1 heterocycles. The lowest BCUT2D eigenvalue weighted by molar-refractivity contribution is 0.0105. The van der Waals surface area contributed by atoms with Crippen LogP contribution in [0.1, 0.15) is 45.6 Å². The molecule has 0 unspecified atom stereocenters. The first-order valence-electron chi connectivity index (χ1n) is 8.77. The van der Waals surface area contributed by atoms with Gasteiger partial charge in [0.1, 0.15) is 5.60 Å². The topological polar surface area (TPSA) is 75.7 Å². The first-order valence-corrected chi connectivity index (χ1v) is 11.2. The minimum atomic E-state index is -3.48. The van der Waals surface area contributed by atoms with E-state index in [1.165, 1.54) is 0 Å². The van der Waals surface area contributed by atoms with Crippen LogP contribution >= 0.6 is 15.9 Å². The lowest BCUT2D eigenvalue weighted by Gasteiger charge is -2.36. The standard InChI is InChI=1S/C18H27BrN2O4S/c1-18(2,3)25-17(22)21-11-5-4-6-16(21)12-20-26(23,24)13-14-7-9-15(19)10-8-14/h7-10,16,20H,4-6,11-13H2,1-3H3/t16-/m1/s1. The summed E-state index contributed by atoms with van der Waals surface area (Å²) in [4.78, 5) is 14.0. The molecule has 146 valence electrons. The van der Waals surface area contributed by atoms with Crippen LogP contribution in [0.3, 0.4) is 0 Å². The highest BCUT2D eigenvalue weighted by atomic mass is 79.9. The molecule has 0 bridgehead atoms. The highest BCUT2D eigenvalue weighted by Crippen LogP contribution is 2.20. The van der Waals surface area contributed by atoms with Crippen LogP contribution in [0, 0.1) is 0 Å². The Morgan fingerprint density at radius 2 is 1.92 bits per heavy atom. The number of hydrogen-bond donors (Lipinski definition) is 1. The van der Waals surface area contributed by atoms with Crippen molar-refractivity contribution in [3.63, 3.8) is 0 Å². The minimum Gasteiger partial charge on any atom is -0.444 e. The number of piperidine rings is 1. The fraction of sp³-hybridized carbons (Fsp3) is 0.611. The fourth-order valence-corrected chi connectivity index (χ4v) is 4.29. The Labute approximate surface area is 164 Å². The van der Waals surface area contributed by atoms with E-state index in [4.69, 9.17) is 4.74 Å². The molecule has 1 atom stereocenters. The van der Waals surface area contributed by atoms with E-state index >= 15 is 0 Å². The quantitative estimate of drug-likeness (QED) is 0.748. The van der Waals surface area contributed by atoms with E-state index in [1.807, 2.05) is 32.9 Å². The van der Waals surface area contributed by atoms with Crippen molar-refractivity contribution in [2.75, 3.05) is 13.1 Å². The Morgan fingerprint density at radius 3 is 2.54 bits per heavy atom. The molecule has 1 aromatic rings. The number of amides is 1. The average molecular weight is 447 g/mol. The zero-order valence-corrected chi connectivity index (χ0v) is 17.9. The van der Waals surface area contributed by atoms with E-state index < -0.39 is 15.6 Å². The number of sulfonamides is 1. The molecule has 1 aromatic carbocycles. The van der Waals surface area contributed by atoms with E-state index in [0.717, 1.165) is 23.7 Å². The van der Waals surface area contributed by atoms with Gasteiger partial charge in [-0.1, -0.05) is 28.1 Å². The summed E-state index contributed by atoms with van der Waals surface area (Å²) < 4.78 is 33.8. The van der Waals surface area contributed by atoms with E-state index in [0.29, 0.717) is 12.1 Å². The second kappa shape index (κ2) is 8.71. The number of ether oxygens (including phenoxy) is 1. The molecular weight excluding hydrogens is 420 g/mol. The molecule has 0 spiro atoms. The Morgan fingerprint density at radius 1 is 1.27 bits per heavy atom. The number of nitrogens with one attached hydrogen (secondary N) is 1. The Bertz CT molecular complexity index is 714. The van der Waals surface area contributed by atoms with Crippen molar-refractivity contribution in [2.45, 2.75) is 57.4 Å². The van der Waals surface area contributed by atoms with Gasteiger partial charge in [-0.05, 0) is 57.7 Å². The molecule has 26 heavy (non-hydrogen) atoms. The van der Waals surface area contributed by atoms with Gasteiger partial charge in [0.25, 0.3) is 0 Å². The third-order valence-corrected chi connectivity index (χ3v) is 5.91. The Kier molecular flexibility index (Phi) is 7.10. The normalized spacial score (nSPS) is 18.6. The van der Waals surface area contributed by atoms with Crippen LogP contribution in [0.4, 0.5) is 4.79 Å². The van der Waals surface area contributed by atoms with Crippen LogP contribution in [-0.2, 0) is 20.5 Å². The molecule has 6 nitrogen and oxygen atoms in total. The van der Waals surface area contributed by atoms with Gasteiger partial charge in [-0.3, -0.25) is 0 Å². The van der Waals surface area contributed by atoms with Crippen molar-refractivity contribution in [1.82, 2.24) is 9.62 Å². The van der Waals surface area contributed by atoms with Gasteiger partial charge in [0.05, 0.1) is 5.75 Å². The van der Waals surface area contributed by atoms with Crippen molar-refractivity contribution >= 4 is 32.0 Å². The Balaban J connectivity index is 1.96. The second-order valence-electron chi connectivity index (χ2n) is 7.56. The molecule has 1 saturated heterocycles. The molecule has 2 rings (SSSR count). The second-order valence-corrected chi connectivity index (χ2v) is 10.3. The zero-order valence-electron chi connectivity index (χ0n) is 15.5. The maximum Gasteiger partial charge on any atom is 0.410 e. The average Bonchev–Trinajstić information content (AvgIpc) is 2.54. The van der Waals surface area contributed by atoms with Gasteiger partial charge in [-0.25, -0.2) is 17.9 Å².